The average molecular weight is 324 g/mol. The molecule has 0 aromatic carbocycles. The summed E-state index contributed by atoms with van der Waals surface area (Å²) in [6, 6.07) is 0. The lowest BCUT2D eigenvalue weighted by molar-refractivity contribution is -0.870. The summed E-state index contributed by atoms with van der Waals surface area (Å²) in [7, 11) is 12.3. The molecule has 0 aliphatic carbocycles. The lowest BCUT2D eigenvalue weighted by Crippen LogP contribution is -2.36. The highest BCUT2D eigenvalue weighted by molar-refractivity contribution is 5.89. The van der Waals surface area contributed by atoms with Crippen molar-refractivity contribution in [3.05, 3.63) is 12.2 Å². The number of aliphatic hydroxyl groups is 2. The number of hydrogen-bond acceptors (Lipinski definition) is 4. The summed E-state index contributed by atoms with van der Waals surface area (Å²) in [5.74, 6) is -2.51. The van der Waals surface area contributed by atoms with Gasteiger partial charge in [-0.05, 0) is 0 Å². The summed E-state index contributed by atoms with van der Waals surface area (Å²) in [6.45, 7) is 2.23. The van der Waals surface area contributed by atoms with Gasteiger partial charge in [-0.2, -0.15) is 0 Å². The third-order valence-corrected chi connectivity index (χ3v) is 1.91. The summed E-state index contributed by atoms with van der Waals surface area (Å²) < 4.78 is 1.69. The second-order valence-electron chi connectivity index (χ2n) is 6.48. The molecule has 0 aliphatic rings. The highest BCUT2D eigenvalue weighted by Crippen LogP contribution is 1.85. The molecule has 8 nitrogen and oxygen atoms in total. The van der Waals surface area contributed by atoms with Gasteiger partial charge in [0.25, 0.3) is 0 Å². The first-order valence-electron chi connectivity index (χ1n) is 6.71. The van der Waals surface area contributed by atoms with E-state index in [1.54, 1.807) is 0 Å². The van der Waals surface area contributed by atoms with E-state index >= 15 is 0 Å². The minimum atomic E-state index is -1.26. The number of carbonyl (C=O) groups is 2. The number of quaternary nitrogens is 2. The standard InChI is InChI=1S/2C5H14NO.C4H4O4/c2*1-6(2,3)4-5-7;5-3(6)1-2-4(7)8/h2*7H,4-5H2,1-3H3;1-2H,(H,5,6)(H,7,8)/q2*+1;/b;;2-1+. The highest BCUT2D eigenvalue weighted by atomic mass is 16.4. The number of likely N-dealkylation sites (N-methyl/N-ethyl adjacent to an activating group) is 2. The zero-order chi connectivity index (χ0) is 18.4. The summed E-state index contributed by atoms with van der Waals surface area (Å²) in [5.41, 5.74) is 0. The Labute approximate surface area is 132 Å². The molecule has 132 valence electrons. The molecule has 0 rings (SSSR count). The van der Waals surface area contributed by atoms with Crippen molar-refractivity contribution in [2.24, 2.45) is 0 Å². The van der Waals surface area contributed by atoms with Crippen LogP contribution in [0.5, 0.6) is 0 Å². The van der Waals surface area contributed by atoms with Gasteiger partial charge in [-0.25, -0.2) is 9.59 Å². The molecule has 0 saturated carbocycles. The molecule has 8 heteroatoms. The molecular weight excluding hydrogens is 292 g/mol. The fourth-order valence-corrected chi connectivity index (χ4v) is 0.743. The number of aliphatic carboxylic acids is 2. The van der Waals surface area contributed by atoms with Crippen molar-refractivity contribution in [3.8, 4) is 0 Å². The lowest BCUT2D eigenvalue weighted by atomic mass is 10.5. The Balaban J connectivity index is -0.000000247. The maximum Gasteiger partial charge on any atom is 0.328 e. The van der Waals surface area contributed by atoms with E-state index in [0.29, 0.717) is 12.2 Å². The van der Waals surface area contributed by atoms with Crippen molar-refractivity contribution < 1.29 is 39.0 Å². The first-order chi connectivity index (χ1) is 9.75. The van der Waals surface area contributed by atoms with Gasteiger partial charge in [0.2, 0.25) is 0 Å². The zero-order valence-corrected chi connectivity index (χ0v) is 14.5. The van der Waals surface area contributed by atoms with Gasteiger partial charge in [-0.3, -0.25) is 0 Å². The largest absolute Gasteiger partial charge is 0.478 e. The molecule has 22 heavy (non-hydrogen) atoms. The fraction of sp³-hybridized carbons (Fsp3) is 0.714. The van der Waals surface area contributed by atoms with Crippen LogP contribution in [-0.4, -0.2) is 110 Å². The number of aliphatic hydroxyl groups excluding tert-OH is 2. The molecule has 0 heterocycles. The van der Waals surface area contributed by atoms with Crippen molar-refractivity contribution in [2.75, 3.05) is 68.6 Å². The van der Waals surface area contributed by atoms with Gasteiger partial charge in [0, 0.05) is 12.2 Å². The van der Waals surface area contributed by atoms with Crippen LogP contribution >= 0.6 is 0 Å². The number of hydrogen-bond donors (Lipinski definition) is 4. The van der Waals surface area contributed by atoms with Crippen LogP contribution in [0.4, 0.5) is 0 Å². The van der Waals surface area contributed by atoms with Gasteiger partial charge in [0.1, 0.15) is 13.1 Å². The van der Waals surface area contributed by atoms with Crippen LogP contribution in [0.25, 0.3) is 0 Å². The van der Waals surface area contributed by atoms with Crippen LogP contribution in [0, 0.1) is 0 Å². The quantitative estimate of drug-likeness (QED) is 0.371. The van der Waals surface area contributed by atoms with Gasteiger partial charge < -0.3 is 29.4 Å². The molecule has 0 aliphatic heterocycles. The van der Waals surface area contributed by atoms with E-state index in [1.165, 1.54) is 0 Å². The van der Waals surface area contributed by atoms with Crippen LogP contribution in [-0.2, 0) is 9.59 Å². The molecule has 0 aromatic rings. The van der Waals surface area contributed by atoms with Crippen LogP contribution in [0.15, 0.2) is 12.2 Å². The molecule has 4 N–H and O–H groups in total. The third-order valence-electron chi connectivity index (χ3n) is 1.91. The molecule has 0 spiro atoms. The van der Waals surface area contributed by atoms with E-state index in [4.69, 9.17) is 20.4 Å². The predicted molar refractivity (Wildman–Crippen MR) is 84.4 cm³/mol. The maximum absolute atomic E-state index is 9.55. The Morgan fingerprint density at radius 2 is 0.955 bits per heavy atom. The van der Waals surface area contributed by atoms with Crippen LogP contribution in [0.3, 0.4) is 0 Å². The van der Waals surface area contributed by atoms with E-state index in [9.17, 15) is 9.59 Å². The van der Waals surface area contributed by atoms with Crippen LogP contribution in [0.2, 0.25) is 0 Å². The molecule has 0 fully saturated rings. The van der Waals surface area contributed by atoms with E-state index in [0.717, 1.165) is 22.1 Å². The Kier molecular flexibility index (Phi) is 15.3. The van der Waals surface area contributed by atoms with Crippen molar-refractivity contribution in [3.63, 3.8) is 0 Å². The minimum absolute atomic E-state index is 0.281. The molecule has 0 saturated heterocycles. The SMILES string of the molecule is C[N+](C)(C)CCO.C[N+](C)(C)CCO.O=C(O)/C=C/C(=O)O. The molecule has 0 atom stereocenters. The van der Waals surface area contributed by atoms with Gasteiger partial charge >= 0.3 is 11.9 Å². The Bertz CT molecular complexity index is 297. The van der Waals surface area contributed by atoms with E-state index in [2.05, 4.69) is 42.3 Å². The second-order valence-corrected chi connectivity index (χ2v) is 6.48. The van der Waals surface area contributed by atoms with Crippen molar-refractivity contribution in [2.45, 2.75) is 0 Å². The number of rotatable bonds is 6. The second kappa shape index (κ2) is 13.2. The van der Waals surface area contributed by atoms with Crippen molar-refractivity contribution in [1.29, 1.82) is 0 Å². The topological polar surface area (TPSA) is 115 Å². The van der Waals surface area contributed by atoms with Gasteiger partial charge in [-0.1, -0.05) is 0 Å². The molecule has 0 unspecified atom stereocenters. The highest BCUT2D eigenvalue weighted by Gasteiger charge is 2.02. The van der Waals surface area contributed by atoms with E-state index < -0.39 is 11.9 Å². The van der Waals surface area contributed by atoms with E-state index in [1.807, 2.05) is 0 Å². The molecule has 0 bridgehead atoms. The third kappa shape index (κ3) is 42.8. The molecule has 0 amide bonds. The summed E-state index contributed by atoms with van der Waals surface area (Å²) >= 11 is 0. The van der Waals surface area contributed by atoms with Crippen molar-refractivity contribution >= 4 is 11.9 Å². The predicted octanol–water partition coefficient (Wildman–Crippen LogP) is -0.918. The summed E-state index contributed by atoms with van der Waals surface area (Å²) in [4.78, 5) is 19.1. The first-order valence-corrected chi connectivity index (χ1v) is 6.71. The smallest absolute Gasteiger partial charge is 0.328 e. The van der Waals surface area contributed by atoms with Gasteiger partial charge in [0.15, 0.2) is 0 Å². The Morgan fingerprint density at radius 1 is 0.727 bits per heavy atom. The normalized spacial score (nSPS) is 11.1. The van der Waals surface area contributed by atoms with Gasteiger partial charge in [0.05, 0.1) is 55.5 Å². The fourth-order valence-electron chi connectivity index (χ4n) is 0.743. The zero-order valence-electron chi connectivity index (χ0n) is 14.5. The number of carboxylic acids is 2. The summed E-state index contributed by atoms with van der Waals surface area (Å²) in [6.07, 6.45) is 1.12. The monoisotopic (exact) mass is 324 g/mol. The van der Waals surface area contributed by atoms with Gasteiger partial charge in [-0.15, -0.1) is 0 Å². The van der Waals surface area contributed by atoms with Crippen LogP contribution in [0.1, 0.15) is 0 Å². The van der Waals surface area contributed by atoms with Crippen molar-refractivity contribution in [1.82, 2.24) is 0 Å². The summed E-state index contributed by atoms with van der Waals surface area (Å²) in [5, 5.41) is 32.4. The average Bonchev–Trinajstić information content (AvgIpc) is 2.24. The van der Waals surface area contributed by atoms with Crippen LogP contribution < -0.4 is 0 Å². The molecule has 0 radical (unpaired) electrons. The Hall–Kier alpha value is -1.48. The molecule has 0 aromatic heterocycles. The number of carboxylic acid groups (broad SMARTS) is 2. The molecular formula is C14H32N2O6+2. The lowest BCUT2D eigenvalue weighted by Gasteiger charge is -2.21. The minimum Gasteiger partial charge on any atom is -0.478 e. The number of nitrogens with zero attached hydrogens (tertiary/aromatic N) is 2. The maximum atomic E-state index is 9.55. The van der Waals surface area contributed by atoms with E-state index in [-0.39, 0.29) is 13.2 Å². The first kappa shape index (κ1) is 25.5. The Morgan fingerprint density at radius 3 is 1.00 bits per heavy atom.